The Bertz CT molecular complexity index is 446. The van der Waals surface area contributed by atoms with Gasteiger partial charge in [-0.2, -0.15) is 5.26 Å². The highest BCUT2D eigenvalue weighted by molar-refractivity contribution is 9.10. The summed E-state index contributed by atoms with van der Waals surface area (Å²) in [6.45, 7) is 8.78. The maximum absolute atomic E-state index is 8.83. The molecule has 1 rings (SSSR count). The van der Waals surface area contributed by atoms with Crippen LogP contribution in [0.3, 0.4) is 0 Å². The Morgan fingerprint density at radius 3 is 2.67 bits per heavy atom. The van der Waals surface area contributed by atoms with Gasteiger partial charge >= 0.3 is 0 Å². The van der Waals surface area contributed by atoms with Crippen molar-refractivity contribution in [3.8, 4) is 11.8 Å². The number of nitrogens with one attached hydrogen (secondary N) is 1. The first-order chi connectivity index (χ1) is 8.33. The van der Waals surface area contributed by atoms with E-state index in [2.05, 4.69) is 48.1 Å². The smallest absolute Gasteiger partial charge is 0.181 e. The lowest BCUT2D eigenvalue weighted by Gasteiger charge is -2.22. The molecule has 0 aromatic heterocycles. The molecule has 0 aliphatic rings. The molecule has 1 unspecified atom stereocenters. The fraction of sp³-hybridized carbons (Fsp3) is 0.500. The van der Waals surface area contributed by atoms with Crippen LogP contribution >= 0.6 is 15.9 Å². The lowest BCUT2D eigenvalue weighted by atomic mass is 10.1. The van der Waals surface area contributed by atoms with Crippen molar-refractivity contribution in [2.24, 2.45) is 0 Å². The molecule has 1 aromatic rings. The van der Waals surface area contributed by atoms with Crippen LogP contribution in [0, 0.1) is 11.3 Å². The van der Waals surface area contributed by atoms with Crippen LogP contribution in [0.2, 0.25) is 0 Å². The maximum atomic E-state index is 8.83. The molecule has 0 radical (unpaired) electrons. The first kappa shape index (κ1) is 15.0. The average Bonchev–Trinajstić information content (AvgIpc) is 2.28. The predicted octanol–water partition coefficient (Wildman–Crippen LogP) is 3.63. The van der Waals surface area contributed by atoms with E-state index in [0.717, 1.165) is 15.8 Å². The minimum absolute atomic E-state index is 0.0421. The number of hydrogen-bond acceptors (Lipinski definition) is 3. The van der Waals surface area contributed by atoms with Crippen molar-refractivity contribution in [1.82, 2.24) is 5.32 Å². The van der Waals surface area contributed by atoms with Gasteiger partial charge in [0.2, 0.25) is 0 Å². The number of halogens is 1. The number of rotatable bonds is 4. The van der Waals surface area contributed by atoms with Crippen molar-refractivity contribution in [2.75, 3.05) is 0 Å². The van der Waals surface area contributed by atoms with Gasteiger partial charge in [-0.1, -0.05) is 12.1 Å². The fourth-order valence-corrected chi connectivity index (χ4v) is 1.89. The molecule has 98 valence electrons. The Hall–Kier alpha value is -1.05. The summed E-state index contributed by atoms with van der Waals surface area (Å²) in [5.74, 6) is 0.739. The number of para-hydroxylation sites is 1. The minimum Gasteiger partial charge on any atom is -0.474 e. The van der Waals surface area contributed by atoms with Crippen molar-refractivity contribution in [1.29, 1.82) is 5.26 Å². The number of benzene rings is 1. The zero-order chi connectivity index (χ0) is 13.8. The Labute approximate surface area is 117 Å². The normalized spacial score (nSPS) is 12.9. The topological polar surface area (TPSA) is 45.0 Å². The van der Waals surface area contributed by atoms with E-state index in [4.69, 9.17) is 10.00 Å². The molecule has 0 amide bonds. The minimum atomic E-state index is -0.461. The Morgan fingerprint density at radius 1 is 1.44 bits per heavy atom. The monoisotopic (exact) mass is 310 g/mol. The molecule has 0 saturated carbocycles. The summed E-state index contributed by atoms with van der Waals surface area (Å²) in [6.07, 6.45) is -0.461. The third-order valence-corrected chi connectivity index (χ3v) is 2.96. The molecule has 0 saturated heterocycles. The predicted molar refractivity (Wildman–Crippen MR) is 76.4 cm³/mol. The van der Waals surface area contributed by atoms with Crippen molar-refractivity contribution in [3.05, 3.63) is 28.2 Å². The molecule has 1 aromatic carbocycles. The van der Waals surface area contributed by atoms with Crippen LogP contribution in [0.25, 0.3) is 0 Å². The number of nitrogens with zero attached hydrogens (tertiary/aromatic N) is 1. The maximum Gasteiger partial charge on any atom is 0.181 e. The highest BCUT2D eigenvalue weighted by atomic mass is 79.9. The van der Waals surface area contributed by atoms with Crippen molar-refractivity contribution in [2.45, 2.75) is 45.9 Å². The highest BCUT2D eigenvalue weighted by Gasteiger charge is 2.14. The fourth-order valence-electron chi connectivity index (χ4n) is 1.39. The summed E-state index contributed by atoms with van der Waals surface area (Å²) in [6, 6.07) is 7.96. The Balaban J connectivity index is 2.91. The van der Waals surface area contributed by atoms with E-state index in [1.54, 1.807) is 6.92 Å². The Kier molecular flexibility index (Phi) is 5.18. The van der Waals surface area contributed by atoms with Gasteiger partial charge in [-0.25, -0.2) is 0 Å². The second-order valence-corrected chi connectivity index (χ2v) is 6.08. The van der Waals surface area contributed by atoms with Crippen molar-refractivity contribution < 1.29 is 4.74 Å². The lowest BCUT2D eigenvalue weighted by Crippen LogP contribution is -2.35. The molecule has 18 heavy (non-hydrogen) atoms. The van der Waals surface area contributed by atoms with Crippen LogP contribution in [-0.4, -0.2) is 11.6 Å². The van der Waals surface area contributed by atoms with Gasteiger partial charge in [0.1, 0.15) is 11.8 Å². The number of hydrogen-bond donors (Lipinski definition) is 1. The van der Waals surface area contributed by atoms with E-state index in [9.17, 15) is 0 Å². The van der Waals surface area contributed by atoms with Gasteiger partial charge in [-0.15, -0.1) is 0 Å². The van der Waals surface area contributed by atoms with E-state index in [-0.39, 0.29) is 5.54 Å². The number of nitriles is 1. The molecule has 0 bridgehead atoms. The quantitative estimate of drug-likeness (QED) is 0.923. The van der Waals surface area contributed by atoms with E-state index < -0.39 is 6.10 Å². The summed E-state index contributed by atoms with van der Waals surface area (Å²) in [4.78, 5) is 0. The number of ether oxygens (including phenoxy) is 1. The summed E-state index contributed by atoms with van der Waals surface area (Å²) in [5.41, 5.74) is 1.09. The Morgan fingerprint density at radius 2 is 2.11 bits per heavy atom. The van der Waals surface area contributed by atoms with Gasteiger partial charge in [0.05, 0.1) is 4.47 Å². The van der Waals surface area contributed by atoms with Gasteiger partial charge in [-0.3, -0.25) is 0 Å². The highest BCUT2D eigenvalue weighted by Crippen LogP contribution is 2.30. The summed E-state index contributed by atoms with van der Waals surface area (Å²) in [7, 11) is 0. The van der Waals surface area contributed by atoms with Crippen LogP contribution in [0.4, 0.5) is 0 Å². The zero-order valence-corrected chi connectivity index (χ0v) is 12.8. The van der Waals surface area contributed by atoms with E-state index in [1.165, 1.54) is 0 Å². The van der Waals surface area contributed by atoms with Crippen LogP contribution in [0.5, 0.6) is 5.75 Å². The molecule has 4 heteroatoms. The molecule has 0 aliphatic heterocycles. The molecule has 1 N–H and O–H groups in total. The SMILES string of the molecule is CC(C#N)Oc1c(Br)cccc1CNC(C)(C)C. The van der Waals surface area contributed by atoms with Gasteiger partial charge in [0.25, 0.3) is 0 Å². The summed E-state index contributed by atoms with van der Waals surface area (Å²) < 4.78 is 6.52. The third kappa shape index (κ3) is 4.67. The summed E-state index contributed by atoms with van der Waals surface area (Å²) in [5, 5.41) is 12.2. The summed E-state index contributed by atoms with van der Waals surface area (Å²) >= 11 is 3.46. The van der Waals surface area contributed by atoms with E-state index in [1.807, 2.05) is 18.2 Å². The first-order valence-electron chi connectivity index (χ1n) is 5.92. The van der Waals surface area contributed by atoms with Gasteiger partial charge in [-0.05, 0) is 49.7 Å². The molecule has 0 aliphatic carbocycles. The second kappa shape index (κ2) is 6.21. The molecule has 1 atom stereocenters. The average molecular weight is 311 g/mol. The van der Waals surface area contributed by atoms with Crippen LogP contribution in [-0.2, 0) is 6.54 Å². The van der Waals surface area contributed by atoms with E-state index >= 15 is 0 Å². The van der Waals surface area contributed by atoms with Crippen LogP contribution < -0.4 is 10.1 Å². The zero-order valence-electron chi connectivity index (χ0n) is 11.2. The molecule has 0 heterocycles. The van der Waals surface area contributed by atoms with E-state index in [0.29, 0.717) is 6.54 Å². The van der Waals surface area contributed by atoms with Crippen LogP contribution in [0.15, 0.2) is 22.7 Å². The lowest BCUT2D eigenvalue weighted by molar-refractivity contribution is 0.270. The molecule has 0 fully saturated rings. The largest absolute Gasteiger partial charge is 0.474 e. The standard InChI is InChI=1S/C14H19BrN2O/c1-10(8-16)18-13-11(6-5-7-12(13)15)9-17-14(2,3)4/h5-7,10,17H,9H2,1-4H3. The molecular weight excluding hydrogens is 292 g/mol. The van der Waals surface area contributed by atoms with Crippen molar-refractivity contribution >= 4 is 15.9 Å². The molecule has 0 spiro atoms. The molecular formula is C14H19BrN2O. The third-order valence-electron chi connectivity index (χ3n) is 2.33. The first-order valence-corrected chi connectivity index (χ1v) is 6.71. The van der Waals surface area contributed by atoms with Gasteiger partial charge in [0.15, 0.2) is 6.10 Å². The van der Waals surface area contributed by atoms with Crippen LogP contribution in [0.1, 0.15) is 33.3 Å². The van der Waals surface area contributed by atoms with Gasteiger partial charge < -0.3 is 10.1 Å². The van der Waals surface area contributed by atoms with Crippen molar-refractivity contribution in [3.63, 3.8) is 0 Å². The van der Waals surface area contributed by atoms with Gasteiger partial charge in [0, 0.05) is 17.6 Å². The second-order valence-electron chi connectivity index (χ2n) is 5.22. The molecule has 3 nitrogen and oxygen atoms in total.